The molecular weight excluding hydrogens is 371 g/mol. The zero-order valence-electron chi connectivity index (χ0n) is 13.8. The molecule has 0 unspecified atom stereocenters. The van der Waals surface area contributed by atoms with Crippen LogP contribution in [0.25, 0.3) is 0 Å². The molecule has 3 heteroatoms. The second-order valence-electron chi connectivity index (χ2n) is 5.85. The molecule has 0 fully saturated rings. The maximum atomic E-state index is 4.28. The molecule has 0 atom stereocenters. The number of aromatic nitrogens is 2. The smallest absolute Gasteiger partial charge is 0.196 e. The highest BCUT2D eigenvalue weighted by molar-refractivity contribution is 4.76. The average molecular weight is 404 g/mol. The van der Waals surface area contributed by atoms with Crippen molar-refractivity contribution >= 4 is 0 Å². The molecule has 1 heterocycles. The second-order valence-corrected chi connectivity index (χ2v) is 5.85. The van der Waals surface area contributed by atoms with Gasteiger partial charge in [0.15, 0.2) is 12.7 Å². The molecule has 1 aromatic heterocycles. The van der Waals surface area contributed by atoms with Gasteiger partial charge in [-0.2, -0.15) is 0 Å². The lowest BCUT2D eigenvalue weighted by molar-refractivity contribution is -0.754. The topological polar surface area (TPSA) is 16.8 Å². The lowest BCUT2D eigenvalue weighted by Gasteiger charge is -2.01. The first-order valence-electron chi connectivity index (χ1n) is 8.74. The lowest BCUT2D eigenvalue weighted by Crippen LogP contribution is -3.00. The zero-order valence-corrected chi connectivity index (χ0v) is 15.9. The van der Waals surface area contributed by atoms with Gasteiger partial charge in [0.25, 0.3) is 0 Å². The first-order chi connectivity index (χ1) is 9.93. The van der Waals surface area contributed by atoms with Crippen LogP contribution < -0.4 is 28.7 Å². The van der Waals surface area contributed by atoms with E-state index in [-0.39, 0.29) is 24.0 Å². The largest absolute Gasteiger partial charge is 1.00 e. The number of unbranched alkanes of at least 4 members (excludes halogenated alkanes) is 11. The van der Waals surface area contributed by atoms with Crippen LogP contribution in [0.4, 0.5) is 0 Å². The van der Waals surface area contributed by atoms with E-state index in [1.54, 1.807) is 0 Å². The molecule has 0 aliphatic carbocycles. The van der Waals surface area contributed by atoms with Gasteiger partial charge in [-0.1, -0.05) is 75.8 Å². The summed E-state index contributed by atoms with van der Waals surface area (Å²) in [7, 11) is 0. The van der Waals surface area contributed by atoms with Gasteiger partial charge in [0.2, 0.25) is 0 Å². The van der Waals surface area contributed by atoms with Crippen molar-refractivity contribution in [3.05, 3.63) is 24.5 Å². The van der Waals surface area contributed by atoms with Crippen LogP contribution in [0.3, 0.4) is 0 Å². The minimum absolute atomic E-state index is 0. The second kappa shape index (κ2) is 16.2. The summed E-state index contributed by atoms with van der Waals surface area (Å²) in [5.74, 6) is 0. The Hall–Kier alpha value is -0.190. The minimum atomic E-state index is 0. The Morgan fingerprint density at radius 3 is 1.71 bits per heavy atom. The highest BCUT2D eigenvalue weighted by Gasteiger charge is 1.99. The molecule has 0 radical (unpaired) electrons. The quantitative estimate of drug-likeness (QED) is 0.280. The third kappa shape index (κ3) is 13.2. The first kappa shape index (κ1) is 20.8. The summed E-state index contributed by atoms with van der Waals surface area (Å²) >= 11 is 0. The SMILES string of the molecule is CCCCCCCCCCCCCC[n+]1ccccn1.[I-]. The van der Waals surface area contributed by atoms with Crippen molar-refractivity contribution in [2.24, 2.45) is 0 Å². The summed E-state index contributed by atoms with van der Waals surface area (Å²) in [4.78, 5) is 0. The minimum Gasteiger partial charge on any atom is -1.00 e. The van der Waals surface area contributed by atoms with E-state index in [2.05, 4.69) is 18.2 Å². The van der Waals surface area contributed by atoms with Crippen LogP contribution in [-0.2, 0) is 6.54 Å². The molecule has 0 aliphatic heterocycles. The summed E-state index contributed by atoms with van der Waals surface area (Å²) in [5.41, 5.74) is 0. The molecule has 122 valence electrons. The normalized spacial score (nSPS) is 10.3. The van der Waals surface area contributed by atoms with Crippen LogP contribution >= 0.6 is 0 Å². The third-order valence-electron chi connectivity index (χ3n) is 3.91. The summed E-state index contributed by atoms with van der Waals surface area (Å²) in [6.07, 6.45) is 20.8. The van der Waals surface area contributed by atoms with Crippen molar-refractivity contribution in [1.82, 2.24) is 5.10 Å². The van der Waals surface area contributed by atoms with Crippen molar-refractivity contribution < 1.29 is 28.7 Å². The number of rotatable bonds is 13. The Labute approximate surface area is 148 Å². The van der Waals surface area contributed by atoms with E-state index in [9.17, 15) is 0 Å². The van der Waals surface area contributed by atoms with E-state index in [1.807, 2.05) is 23.0 Å². The lowest BCUT2D eigenvalue weighted by atomic mass is 10.1. The number of hydrogen-bond donors (Lipinski definition) is 0. The van der Waals surface area contributed by atoms with Crippen LogP contribution in [0, 0.1) is 0 Å². The van der Waals surface area contributed by atoms with E-state index >= 15 is 0 Å². The fourth-order valence-corrected chi connectivity index (χ4v) is 2.61. The van der Waals surface area contributed by atoms with Gasteiger partial charge in [-0.05, 0) is 17.6 Å². The van der Waals surface area contributed by atoms with Gasteiger partial charge in [-0.25, -0.2) is 0 Å². The Kier molecular flexibility index (Phi) is 16.0. The molecule has 0 aromatic carbocycles. The van der Waals surface area contributed by atoms with Gasteiger partial charge in [0.1, 0.15) is 0 Å². The molecule has 0 amide bonds. The van der Waals surface area contributed by atoms with Crippen LogP contribution in [0.15, 0.2) is 24.5 Å². The van der Waals surface area contributed by atoms with Gasteiger partial charge in [-0.15, -0.1) is 0 Å². The van der Waals surface area contributed by atoms with Crippen LogP contribution in [0.2, 0.25) is 0 Å². The Balaban J connectivity index is 0.00000400. The average Bonchev–Trinajstić information content (AvgIpc) is 2.49. The van der Waals surface area contributed by atoms with Crippen LogP contribution in [0.5, 0.6) is 0 Å². The molecule has 2 nitrogen and oxygen atoms in total. The Morgan fingerprint density at radius 2 is 1.24 bits per heavy atom. The van der Waals surface area contributed by atoms with Gasteiger partial charge in [-0.3, -0.25) is 0 Å². The van der Waals surface area contributed by atoms with E-state index < -0.39 is 0 Å². The van der Waals surface area contributed by atoms with Crippen molar-refractivity contribution in [2.75, 3.05) is 0 Å². The fourth-order valence-electron chi connectivity index (χ4n) is 2.61. The molecule has 21 heavy (non-hydrogen) atoms. The summed E-state index contributed by atoms with van der Waals surface area (Å²) < 4.78 is 2.04. The molecule has 0 aliphatic rings. The highest BCUT2D eigenvalue weighted by Crippen LogP contribution is 2.11. The van der Waals surface area contributed by atoms with Gasteiger partial charge in [0, 0.05) is 12.5 Å². The molecule has 0 saturated carbocycles. The summed E-state index contributed by atoms with van der Waals surface area (Å²) in [6, 6.07) is 4.02. The molecule has 1 aromatic rings. The molecule has 0 bridgehead atoms. The number of nitrogens with zero attached hydrogens (tertiary/aromatic N) is 2. The third-order valence-corrected chi connectivity index (χ3v) is 3.91. The van der Waals surface area contributed by atoms with Crippen molar-refractivity contribution in [3.8, 4) is 0 Å². The Morgan fingerprint density at radius 1 is 0.714 bits per heavy atom. The number of aryl methyl sites for hydroxylation is 1. The molecule has 0 saturated heterocycles. The van der Waals surface area contributed by atoms with Gasteiger partial charge in [0.05, 0.1) is 6.20 Å². The summed E-state index contributed by atoms with van der Waals surface area (Å²) in [6.45, 7) is 3.35. The summed E-state index contributed by atoms with van der Waals surface area (Å²) in [5, 5.41) is 4.28. The van der Waals surface area contributed by atoms with Crippen molar-refractivity contribution in [2.45, 2.75) is 90.5 Å². The Bertz CT molecular complexity index is 303. The van der Waals surface area contributed by atoms with Gasteiger partial charge >= 0.3 is 0 Å². The van der Waals surface area contributed by atoms with E-state index in [0.717, 1.165) is 6.54 Å². The highest BCUT2D eigenvalue weighted by atomic mass is 127. The first-order valence-corrected chi connectivity index (χ1v) is 8.74. The molecule has 1 rings (SSSR count). The van der Waals surface area contributed by atoms with Gasteiger partial charge < -0.3 is 24.0 Å². The number of halogens is 1. The van der Waals surface area contributed by atoms with Crippen molar-refractivity contribution in [1.29, 1.82) is 0 Å². The molecule has 0 spiro atoms. The standard InChI is InChI=1S/C18H33N2.HI/c1-2-3-4-5-6-7-8-9-10-11-12-14-17-20-18-15-13-16-19-20;/h13,15-16,18H,2-12,14,17H2,1H3;1H/q+1;/p-1. The predicted molar refractivity (Wildman–Crippen MR) is 85.5 cm³/mol. The fraction of sp³-hybridized carbons (Fsp3) is 0.778. The molecular formula is C18H33IN2. The van der Waals surface area contributed by atoms with Crippen molar-refractivity contribution in [3.63, 3.8) is 0 Å². The van der Waals surface area contributed by atoms with Crippen LogP contribution in [0.1, 0.15) is 84.0 Å². The van der Waals surface area contributed by atoms with E-state index in [4.69, 9.17) is 0 Å². The molecule has 0 N–H and O–H groups in total. The maximum absolute atomic E-state index is 4.28. The maximum Gasteiger partial charge on any atom is 0.196 e. The predicted octanol–water partition coefficient (Wildman–Crippen LogP) is 2.07. The zero-order chi connectivity index (χ0) is 14.3. The number of hydrogen-bond acceptors (Lipinski definition) is 1. The van der Waals surface area contributed by atoms with E-state index in [0.29, 0.717) is 0 Å². The van der Waals surface area contributed by atoms with Crippen LogP contribution in [-0.4, -0.2) is 5.10 Å². The monoisotopic (exact) mass is 404 g/mol. The van der Waals surface area contributed by atoms with E-state index in [1.165, 1.54) is 77.0 Å².